The van der Waals surface area contributed by atoms with Crippen molar-refractivity contribution in [2.24, 2.45) is 0 Å². The zero-order chi connectivity index (χ0) is 28.2. The van der Waals surface area contributed by atoms with Crippen LogP contribution in [0.4, 0.5) is 5.69 Å². The Labute approximate surface area is 238 Å². The van der Waals surface area contributed by atoms with E-state index in [1.807, 2.05) is 36.4 Å². The molecule has 0 aliphatic carbocycles. The van der Waals surface area contributed by atoms with Gasteiger partial charge in [0.1, 0.15) is 5.75 Å². The molecule has 4 aromatic carbocycles. The Morgan fingerprint density at radius 2 is 1.50 bits per heavy atom. The number of hydrogen-bond acceptors (Lipinski definition) is 6. The number of ether oxygens (including phenoxy) is 3. The maximum atomic E-state index is 12.9. The van der Waals surface area contributed by atoms with Gasteiger partial charge >= 0.3 is 0 Å². The second kappa shape index (κ2) is 14.6. The number of nitrogens with one attached hydrogen (secondary N) is 2. The highest BCUT2D eigenvalue weighted by Crippen LogP contribution is 2.27. The highest BCUT2D eigenvalue weighted by atomic mass is 32.2. The minimum atomic E-state index is -0.309. The molecule has 4 aromatic rings. The van der Waals surface area contributed by atoms with E-state index in [1.165, 1.54) is 4.90 Å². The van der Waals surface area contributed by atoms with Crippen LogP contribution in [0.3, 0.4) is 0 Å². The molecule has 2 amide bonds. The quantitative estimate of drug-likeness (QED) is 0.153. The third-order valence-corrected chi connectivity index (χ3v) is 7.02. The van der Waals surface area contributed by atoms with Gasteiger partial charge in [0.05, 0.1) is 32.1 Å². The van der Waals surface area contributed by atoms with Gasteiger partial charge in [0.2, 0.25) is 0 Å². The number of benzene rings is 4. The molecule has 0 aliphatic heterocycles. The van der Waals surface area contributed by atoms with Crippen LogP contribution >= 0.6 is 11.8 Å². The molecule has 0 unspecified atom stereocenters. The highest BCUT2D eigenvalue weighted by molar-refractivity contribution is 7.99. The first-order valence-electron chi connectivity index (χ1n) is 12.9. The van der Waals surface area contributed by atoms with Crippen molar-refractivity contribution < 1.29 is 23.8 Å². The zero-order valence-electron chi connectivity index (χ0n) is 22.5. The van der Waals surface area contributed by atoms with Gasteiger partial charge in [0.25, 0.3) is 11.8 Å². The van der Waals surface area contributed by atoms with Gasteiger partial charge in [-0.3, -0.25) is 9.59 Å². The van der Waals surface area contributed by atoms with Crippen molar-refractivity contribution in [3.8, 4) is 17.2 Å². The SMILES string of the molecule is COc1ccc(CCNC(=O)c2ccccc2NC(=O)c2ccc(OCCSc3ccccc3)cc2)cc1OC. The molecule has 0 spiro atoms. The summed E-state index contributed by atoms with van der Waals surface area (Å²) >= 11 is 1.73. The van der Waals surface area contributed by atoms with E-state index in [2.05, 4.69) is 22.8 Å². The van der Waals surface area contributed by atoms with E-state index < -0.39 is 0 Å². The first kappa shape index (κ1) is 28.6. The summed E-state index contributed by atoms with van der Waals surface area (Å²) in [6, 6.07) is 29.7. The number of methoxy groups -OCH3 is 2. The van der Waals surface area contributed by atoms with Crippen LogP contribution in [0.1, 0.15) is 26.3 Å². The molecule has 0 aliphatic rings. The van der Waals surface area contributed by atoms with Crippen LogP contribution < -0.4 is 24.8 Å². The molecule has 0 atom stereocenters. The molecule has 0 fully saturated rings. The lowest BCUT2D eigenvalue weighted by Crippen LogP contribution is -2.27. The minimum Gasteiger partial charge on any atom is -0.493 e. The van der Waals surface area contributed by atoms with Crippen LogP contribution in [0, 0.1) is 0 Å². The van der Waals surface area contributed by atoms with Crippen molar-refractivity contribution in [3.63, 3.8) is 0 Å². The minimum absolute atomic E-state index is 0.270. The number of rotatable bonds is 13. The standard InChI is InChI=1S/C32H32N2O5S/c1-37-29-17-12-23(22-30(29)38-2)18-19-33-32(36)27-10-6-7-11-28(27)34-31(35)24-13-15-25(16-14-24)39-20-21-40-26-8-4-3-5-9-26/h3-17,22H,18-21H2,1-2H3,(H,33,36)(H,34,35). The zero-order valence-corrected chi connectivity index (χ0v) is 23.3. The van der Waals surface area contributed by atoms with Crippen LogP contribution in [0.25, 0.3) is 0 Å². The lowest BCUT2D eigenvalue weighted by Gasteiger charge is -2.13. The Kier molecular flexibility index (Phi) is 10.5. The van der Waals surface area contributed by atoms with E-state index >= 15 is 0 Å². The summed E-state index contributed by atoms with van der Waals surface area (Å²) in [5.74, 6) is 2.23. The predicted octanol–water partition coefficient (Wildman–Crippen LogP) is 6.10. The van der Waals surface area contributed by atoms with E-state index in [9.17, 15) is 9.59 Å². The largest absolute Gasteiger partial charge is 0.493 e. The normalized spacial score (nSPS) is 10.4. The molecule has 7 nitrogen and oxygen atoms in total. The third kappa shape index (κ3) is 8.04. The van der Waals surface area contributed by atoms with Gasteiger partial charge in [-0.05, 0) is 72.6 Å². The molecule has 40 heavy (non-hydrogen) atoms. The first-order valence-corrected chi connectivity index (χ1v) is 13.9. The smallest absolute Gasteiger partial charge is 0.255 e. The lowest BCUT2D eigenvalue weighted by atomic mass is 10.1. The van der Waals surface area contributed by atoms with Crippen molar-refractivity contribution in [1.82, 2.24) is 5.32 Å². The van der Waals surface area contributed by atoms with E-state index in [0.29, 0.717) is 53.6 Å². The molecule has 0 heterocycles. The summed E-state index contributed by atoms with van der Waals surface area (Å²) in [7, 11) is 3.18. The van der Waals surface area contributed by atoms with Crippen LogP contribution in [-0.2, 0) is 6.42 Å². The Morgan fingerprint density at radius 3 is 2.25 bits per heavy atom. The summed E-state index contributed by atoms with van der Waals surface area (Å²) < 4.78 is 16.4. The molecule has 8 heteroatoms. The summed E-state index contributed by atoms with van der Waals surface area (Å²) in [4.78, 5) is 27.1. The molecule has 0 aromatic heterocycles. The van der Waals surface area contributed by atoms with Crippen LogP contribution in [0.5, 0.6) is 17.2 Å². The Hall–Kier alpha value is -4.43. The molecule has 206 valence electrons. The molecular formula is C32H32N2O5S. The number of amides is 2. The number of thioether (sulfide) groups is 1. The van der Waals surface area contributed by atoms with Gasteiger partial charge in [0, 0.05) is 22.8 Å². The molecule has 4 rings (SSSR count). The van der Waals surface area contributed by atoms with Gasteiger partial charge in [0.15, 0.2) is 11.5 Å². The maximum Gasteiger partial charge on any atom is 0.255 e. The van der Waals surface area contributed by atoms with E-state index in [1.54, 1.807) is 74.5 Å². The maximum absolute atomic E-state index is 12.9. The number of para-hydroxylation sites is 1. The lowest BCUT2D eigenvalue weighted by molar-refractivity contribution is 0.0955. The summed E-state index contributed by atoms with van der Waals surface area (Å²) in [5.41, 5.74) is 2.30. The van der Waals surface area contributed by atoms with E-state index in [-0.39, 0.29) is 11.8 Å². The van der Waals surface area contributed by atoms with Gasteiger partial charge in [-0.25, -0.2) is 0 Å². The van der Waals surface area contributed by atoms with Gasteiger partial charge in [-0.2, -0.15) is 0 Å². The van der Waals surface area contributed by atoms with Crippen LogP contribution in [0.15, 0.2) is 102 Å². The molecular weight excluding hydrogens is 524 g/mol. The van der Waals surface area contributed by atoms with Gasteiger partial charge in [-0.15, -0.1) is 11.8 Å². The Bertz CT molecular complexity index is 1410. The Balaban J connectivity index is 1.28. The van der Waals surface area contributed by atoms with E-state index in [4.69, 9.17) is 14.2 Å². The summed E-state index contributed by atoms with van der Waals surface area (Å²) in [5, 5.41) is 5.79. The number of carbonyl (C=O) groups is 2. The summed E-state index contributed by atoms with van der Waals surface area (Å²) in [6.45, 7) is 0.974. The number of hydrogen-bond donors (Lipinski definition) is 2. The topological polar surface area (TPSA) is 85.9 Å². The fourth-order valence-electron chi connectivity index (χ4n) is 3.97. The molecule has 0 saturated carbocycles. The Morgan fingerprint density at radius 1 is 0.775 bits per heavy atom. The van der Waals surface area contributed by atoms with Gasteiger partial charge in [-0.1, -0.05) is 36.4 Å². The summed E-state index contributed by atoms with van der Waals surface area (Å²) in [6.07, 6.45) is 0.611. The number of anilines is 1. The number of carbonyl (C=O) groups excluding carboxylic acids is 2. The average Bonchev–Trinajstić information content (AvgIpc) is 3.00. The van der Waals surface area contributed by atoms with Crippen molar-refractivity contribution in [3.05, 3.63) is 114 Å². The van der Waals surface area contributed by atoms with Crippen molar-refractivity contribution >= 4 is 29.3 Å². The second-order valence-corrected chi connectivity index (χ2v) is 9.90. The predicted molar refractivity (Wildman–Crippen MR) is 159 cm³/mol. The first-order chi connectivity index (χ1) is 19.6. The molecule has 0 radical (unpaired) electrons. The molecule has 0 saturated heterocycles. The van der Waals surface area contributed by atoms with Crippen molar-refractivity contribution in [1.29, 1.82) is 0 Å². The van der Waals surface area contributed by atoms with Gasteiger partial charge < -0.3 is 24.8 Å². The molecule has 2 N–H and O–H groups in total. The molecule has 0 bridgehead atoms. The highest BCUT2D eigenvalue weighted by Gasteiger charge is 2.14. The second-order valence-electron chi connectivity index (χ2n) is 8.73. The van der Waals surface area contributed by atoms with Crippen molar-refractivity contribution in [2.45, 2.75) is 11.3 Å². The van der Waals surface area contributed by atoms with E-state index in [0.717, 1.165) is 11.3 Å². The third-order valence-electron chi connectivity index (χ3n) is 6.05. The van der Waals surface area contributed by atoms with Crippen LogP contribution in [0.2, 0.25) is 0 Å². The monoisotopic (exact) mass is 556 g/mol. The van der Waals surface area contributed by atoms with Crippen LogP contribution in [-0.4, -0.2) is 44.9 Å². The van der Waals surface area contributed by atoms with Crippen molar-refractivity contribution in [2.75, 3.05) is 38.4 Å². The fraction of sp³-hybridized carbons (Fsp3) is 0.188. The average molecular weight is 557 g/mol. The fourth-order valence-corrected chi connectivity index (χ4v) is 4.73.